The summed E-state index contributed by atoms with van der Waals surface area (Å²) in [6, 6.07) is 3.79. The molecule has 0 aliphatic carbocycles. The molecule has 0 saturated carbocycles. The van der Waals surface area contributed by atoms with Gasteiger partial charge in [0.15, 0.2) is 0 Å². The third-order valence-electron chi connectivity index (χ3n) is 2.62. The maximum Gasteiger partial charge on any atom is 0.313 e. The van der Waals surface area contributed by atoms with E-state index in [1.165, 1.54) is 6.08 Å². The smallest absolute Gasteiger partial charge is 0.313 e. The van der Waals surface area contributed by atoms with E-state index in [4.69, 9.17) is 5.11 Å². The summed E-state index contributed by atoms with van der Waals surface area (Å²) in [6.07, 6.45) is 6.19. The van der Waals surface area contributed by atoms with Gasteiger partial charge in [0.1, 0.15) is 0 Å². The highest BCUT2D eigenvalue weighted by Crippen LogP contribution is 2.25. The van der Waals surface area contributed by atoms with E-state index in [-0.39, 0.29) is 0 Å². The molecule has 0 spiro atoms. The van der Waals surface area contributed by atoms with Crippen LogP contribution in [0.3, 0.4) is 0 Å². The lowest BCUT2D eigenvalue weighted by Gasteiger charge is -2.19. The molecule has 1 rings (SSSR count). The highest BCUT2D eigenvalue weighted by atomic mass is 16.4. The van der Waals surface area contributed by atoms with Crippen molar-refractivity contribution in [3.8, 4) is 0 Å². The average Bonchev–Trinajstić information content (AvgIpc) is 2.27. The molecule has 1 heterocycles. The lowest BCUT2D eigenvalue weighted by Crippen LogP contribution is -2.25. The molecular weight excluding hydrogens is 190 g/mol. The fourth-order valence-corrected chi connectivity index (χ4v) is 1.25. The summed E-state index contributed by atoms with van der Waals surface area (Å²) in [5, 5.41) is 9.03. The molecule has 1 unspecified atom stereocenters. The molecule has 80 valence electrons. The molecule has 0 fully saturated rings. The summed E-state index contributed by atoms with van der Waals surface area (Å²) in [7, 11) is 0. The molecule has 15 heavy (non-hydrogen) atoms. The van der Waals surface area contributed by atoms with Gasteiger partial charge in [-0.3, -0.25) is 9.78 Å². The van der Waals surface area contributed by atoms with E-state index in [2.05, 4.69) is 11.6 Å². The number of carboxylic acid groups (broad SMARTS) is 1. The molecule has 1 atom stereocenters. The maximum atomic E-state index is 11.0. The van der Waals surface area contributed by atoms with Crippen LogP contribution in [0.1, 0.15) is 18.9 Å². The van der Waals surface area contributed by atoms with Gasteiger partial charge in [0, 0.05) is 12.4 Å². The second kappa shape index (κ2) is 4.73. The first kappa shape index (κ1) is 11.4. The Morgan fingerprint density at radius 1 is 1.60 bits per heavy atom. The normalized spacial score (nSPS) is 14.2. The number of hydrogen-bond donors (Lipinski definition) is 1. The van der Waals surface area contributed by atoms with Crippen molar-refractivity contribution >= 4 is 5.97 Å². The van der Waals surface area contributed by atoms with Gasteiger partial charge in [0.25, 0.3) is 0 Å². The first-order chi connectivity index (χ1) is 7.08. The quantitative estimate of drug-likeness (QED) is 0.750. The van der Waals surface area contributed by atoms with Crippen LogP contribution in [0.4, 0.5) is 0 Å². The number of pyridine rings is 1. The van der Waals surface area contributed by atoms with Gasteiger partial charge in [-0.2, -0.15) is 0 Å². The van der Waals surface area contributed by atoms with E-state index >= 15 is 0 Å². The minimum absolute atomic E-state index is 0.551. The molecule has 0 bridgehead atoms. The zero-order valence-corrected chi connectivity index (χ0v) is 8.81. The first-order valence-corrected chi connectivity index (χ1v) is 4.84. The average molecular weight is 205 g/mol. The van der Waals surface area contributed by atoms with Crippen LogP contribution in [0.5, 0.6) is 0 Å². The van der Waals surface area contributed by atoms with Crippen LogP contribution in [0, 0.1) is 5.41 Å². The highest BCUT2D eigenvalue weighted by Gasteiger charge is 2.28. The summed E-state index contributed by atoms with van der Waals surface area (Å²) >= 11 is 0. The molecule has 1 aromatic heterocycles. The van der Waals surface area contributed by atoms with Crippen LogP contribution in [-0.4, -0.2) is 16.1 Å². The number of hydrogen-bond acceptors (Lipinski definition) is 2. The minimum Gasteiger partial charge on any atom is -0.481 e. The van der Waals surface area contributed by atoms with E-state index in [0.717, 1.165) is 12.0 Å². The van der Waals surface area contributed by atoms with Gasteiger partial charge < -0.3 is 5.11 Å². The molecule has 0 aromatic carbocycles. The van der Waals surface area contributed by atoms with Gasteiger partial charge in [0.2, 0.25) is 0 Å². The molecule has 0 aliphatic heterocycles. The van der Waals surface area contributed by atoms with E-state index in [0.29, 0.717) is 6.42 Å². The van der Waals surface area contributed by atoms with E-state index < -0.39 is 11.4 Å². The Balaban J connectivity index is 2.63. The molecule has 1 aromatic rings. The number of carbonyl (C=O) groups is 1. The summed E-state index contributed by atoms with van der Waals surface area (Å²) in [5.74, 6) is -0.827. The Labute approximate surface area is 89.5 Å². The Kier molecular flexibility index (Phi) is 3.61. The summed E-state index contributed by atoms with van der Waals surface area (Å²) < 4.78 is 0. The second-order valence-corrected chi connectivity index (χ2v) is 3.78. The van der Waals surface area contributed by atoms with Gasteiger partial charge in [-0.1, -0.05) is 6.08 Å². The molecule has 3 heteroatoms. The van der Waals surface area contributed by atoms with Crippen LogP contribution in [0.25, 0.3) is 0 Å². The number of aryl methyl sites for hydroxylation is 1. The maximum absolute atomic E-state index is 11.0. The standard InChI is InChI=1S/C12H15NO2/c1-3-12(2,11(14)15)7-4-10-5-8-13-9-6-10/h3,5-6,8-9H,1,4,7H2,2H3,(H,14,15). The molecular formula is C12H15NO2. The SMILES string of the molecule is C=CC(C)(CCc1ccncc1)C(=O)O. The number of aromatic nitrogens is 1. The molecule has 0 radical (unpaired) electrons. The van der Waals surface area contributed by atoms with Crippen molar-refractivity contribution in [2.75, 3.05) is 0 Å². The van der Waals surface area contributed by atoms with Crippen LogP contribution in [0.2, 0.25) is 0 Å². The molecule has 0 aliphatic rings. The molecule has 3 nitrogen and oxygen atoms in total. The minimum atomic E-state index is -0.844. The summed E-state index contributed by atoms with van der Waals surface area (Å²) in [6.45, 7) is 5.26. The van der Waals surface area contributed by atoms with Crippen molar-refractivity contribution < 1.29 is 9.90 Å². The summed E-state index contributed by atoms with van der Waals surface area (Å²) in [5.41, 5.74) is 0.253. The van der Waals surface area contributed by atoms with E-state index in [1.54, 1.807) is 19.3 Å². The van der Waals surface area contributed by atoms with Crippen molar-refractivity contribution in [3.63, 3.8) is 0 Å². The van der Waals surface area contributed by atoms with Crippen LogP contribution in [0.15, 0.2) is 37.2 Å². The van der Waals surface area contributed by atoms with Gasteiger partial charge >= 0.3 is 5.97 Å². The van der Waals surface area contributed by atoms with Crippen molar-refractivity contribution in [2.45, 2.75) is 19.8 Å². The lowest BCUT2D eigenvalue weighted by atomic mass is 9.84. The largest absolute Gasteiger partial charge is 0.481 e. The Hall–Kier alpha value is -1.64. The van der Waals surface area contributed by atoms with E-state index in [9.17, 15) is 4.79 Å². The first-order valence-electron chi connectivity index (χ1n) is 4.84. The van der Waals surface area contributed by atoms with Gasteiger partial charge in [-0.25, -0.2) is 0 Å². The third-order valence-corrected chi connectivity index (χ3v) is 2.62. The third kappa shape index (κ3) is 2.91. The zero-order valence-electron chi connectivity index (χ0n) is 8.81. The molecule has 0 amide bonds. The van der Waals surface area contributed by atoms with Crippen molar-refractivity contribution in [1.29, 1.82) is 0 Å². The fourth-order valence-electron chi connectivity index (χ4n) is 1.25. The van der Waals surface area contributed by atoms with Crippen molar-refractivity contribution in [1.82, 2.24) is 4.98 Å². The lowest BCUT2D eigenvalue weighted by molar-refractivity contribution is -0.145. The number of rotatable bonds is 5. The topological polar surface area (TPSA) is 50.2 Å². The Morgan fingerprint density at radius 2 is 2.20 bits per heavy atom. The number of carboxylic acids is 1. The number of nitrogens with zero attached hydrogens (tertiary/aromatic N) is 1. The van der Waals surface area contributed by atoms with Crippen molar-refractivity contribution in [2.24, 2.45) is 5.41 Å². The van der Waals surface area contributed by atoms with Gasteiger partial charge in [-0.15, -0.1) is 6.58 Å². The molecule has 0 saturated heterocycles. The highest BCUT2D eigenvalue weighted by molar-refractivity contribution is 5.76. The molecule has 1 N–H and O–H groups in total. The van der Waals surface area contributed by atoms with Crippen LogP contribution in [-0.2, 0) is 11.2 Å². The monoisotopic (exact) mass is 205 g/mol. The predicted molar refractivity (Wildman–Crippen MR) is 58.5 cm³/mol. The number of aliphatic carboxylic acids is 1. The second-order valence-electron chi connectivity index (χ2n) is 3.78. The zero-order chi connectivity index (χ0) is 11.3. The Morgan fingerprint density at radius 3 is 2.67 bits per heavy atom. The fraction of sp³-hybridized carbons (Fsp3) is 0.333. The van der Waals surface area contributed by atoms with Crippen LogP contribution >= 0.6 is 0 Å². The predicted octanol–water partition coefficient (Wildman–Crippen LogP) is 2.29. The Bertz CT molecular complexity index is 348. The summed E-state index contributed by atoms with van der Waals surface area (Å²) in [4.78, 5) is 14.9. The van der Waals surface area contributed by atoms with Gasteiger partial charge in [-0.05, 0) is 37.5 Å². The van der Waals surface area contributed by atoms with Gasteiger partial charge in [0.05, 0.1) is 5.41 Å². The van der Waals surface area contributed by atoms with Crippen molar-refractivity contribution in [3.05, 3.63) is 42.7 Å². The van der Waals surface area contributed by atoms with E-state index in [1.807, 2.05) is 12.1 Å². The van der Waals surface area contributed by atoms with Crippen LogP contribution < -0.4 is 0 Å².